The third-order valence-electron chi connectivity index (χ3n) is 6.15. The van der Waals surface area contributed by atoms with Gasteiger partial charge in [-0.2, -0.15) is 5.26 Å². The van der Waals surface area contributed by atoms with Crippen molar-refractivity contribution in [2.75, 3.05) is 13.1 Å². The van der Waals surface area contributed by atoms with E-state index in [9.17, 15) is 14.4 Å². The maximum atomic E-state index is 12.6. The average molecular weight is 417 g/mol. The van der Waals surface area contributed by atoms with Crippen molar-refractivity contribution in [2.45, 2.75) is 56.7 Å². The van der Waals surface area contributed by atoms with Crippen molar-refractivity contribution >= 4 is 30.1 Å². The zero-order chi connectivity index (χ0) is 19.7. The highest BCUT2D eigenvalue weighted by Gasteiger charge is 2.41. The first kappa shape index (κ1) is 21.3. The molecule has 0 spiro atoms. The first-order chi connectivity index (χ1) is 13.6. The van der Waals surface area contributed by atoms with E-state index in [1.54, 1.807) is 29.2 Å². The molecule has 1 N–H and O–H groups in total. The number of carbonyl (C=O) groups excluding carboxylic acids is 3. The molecule has 0 aromatic heterocycles. The lowest BCUT2D eigenvalue weighted by Crippen LogP contribution is -2.47. The van der Waals surface area contributed by atoms with Crippen molar-refractivity contribution in [3.8, 4) is 6.07 Å². The fourth-order valence-electron chi connectivity index (χ4n) is 4.61. The minimum Gasteiger partial charge on any atom is -0.326 e. The van der Waals surface area contributed by atoms with Crippen LogP contribution in [0, 0.1) is 11.3 Å². The molecule has 2 heterocycles. The summed E-state index contributed by atoms with van der Waals surface area (Å²) >= 11 is 0. The summed E-state index contributed by atoms with van der Waals surface area (Å²) in [6, 6.07) is 8.99. The molecular weight excluding hydrogens is 392 g/mol. The summed E-state index contributed by atoms with van der Waals surface area (Å²) in [6.07, 6.45) is 4.74. The van der Waals surface area contributed by atoms with Crippen LogP contribution in [0.25, 0.3) is 0 Å². The Hall–Kier alpha value is -2.43. The highest BCUT2D eigenvalue weighted by molar-refractivity contribution is 6.21. The van der Waals surface area contributed by atoms with E-state index in [1.807, 2.05) is 0 Å². The van der Waals surface area contributed by atoms with Crippen molar-refractivity contribution < 1.29 is 14.4 Å². The molecule has 0 bridgehead atoms. The molecule has 1 aromatic rings. The van der Waals surface area contributed by atoms with Crippen LogP contribution in [0.4, 0.5) is 0 Å². The number of nitrogens with zero attached hydrogens (tertiary/aromatic N) is 3. The molecule has 29 heavy (non-hydrogen) atoms. The third kappa shape index (κ3) is 4.00. The Morgan fingerprint density at radius 2 is 1.69 bits per heavy atom. The smallest absolute Gasteiger partial charge is 0.261 e. The molecule has 1 saturated heterocycles. The van der Waals surface area contributed by atoms with E-state index in [4.69, 9.17) is 5.26 Å². The second-order valence-electron chi connectivity index (χ2n) is 7.79. The number of hydrogen-bond acceptors (Lipinski definition) is 5. The van der Waals surface area contributed by atoms with Gasteiger partial charge in [-0.05, 0) is 50.7 Å². The van der Waals surface area contributed by atoms with Gasteiger partial charge < -0.3 is 10.2 Å². The summed E-state index contributed by atoms with van der Waals surface area (Å²) in [5.41, 5.74) is 0.993. The molecule has 3 aliphatic rings. The summed E-state index contributed by atoms with van der Waals surface area (Å²) in [6.45, 7) is 0.895. The summed E-state index contributed by atoms with van der Waals surface area (Å²) < 4.78 is 0. The molecular formula is C21H25ClN4O3. The second-order valence-corrected chi connectivity index (χ2v) is 7.79. The van der Waals surface area contributed by atoms with E-state index < -0.39 is 0 Å². The SMILES string of the molecule is Cl.N#C[C@@H]1CCCN1C(=O)CNC1CCC(N2C(=O)c3ccccc3C2=O)CC1. The van der Waals surface area contributed by atoms with Crippen molar-refractivity contribution in [1.82, 2.24) is 15.1 Å². The molecule has 0 radical (unpaired) electrons. The van der Waals surface area contributed by atoms with Crippen LogP contribution in [0.5, 0.6) is 0 Å². The first-order valence-electron chi connectivity index (χ1n) is 9.99. The van der Waals surface area contributed by atoms with Crippen LogP contribution in [0.1, 0.15) is 59.2 Å². The summed E-state index contributed by atoms with van der Waals surface area (Å²) in [5.74, 6) is -0.404. The van der Waals surface area contributed by atoms with Gasteiger partial charge in [-0.3, -0.25) is 19.3 Å². The Bertz CT molecular complexity index is 810. The van der Waals surface area contributed by atoms with Crippen LogP contribution < -0.4 is 5.32 Å². The molecule has 4 rings (SSSR count). The van der Waals surface area contributed by atoms with E-state index in [0.717, 1.165) is 38.5 Å². The Balaban J connectivity index is 0.00000240. The fraction of sp³-hybridized carbons (Fsp3) is 0.524. The number of likely N-dealkylation sites (tertiary alicyclic amines) is 1. The number of halogens is 1. The molecule has 3 amide bonds. The molecule has 1 saturated carbocycles. The van der Waals surface area contributed by atoms with Gasteiger partial charge in [-0.25, -0.2) is 0 Å². The van der Waals surface area contributed by atoms with Crippen LogP contribution in [-0.2, 0) is 4.79 Å². The van der Waals surface area contributed by atoms with E-state index in [-0.39, 0.29) is 54.8 Å². The van der Waals surface area contributed by atoms with Crippen LogP contribution in [0.3, 0.4) is 0 Å². The topological polar surface area (TPSA) is 93.5 Å². The molecule has 1 aliphatic carbocycles. The number of imide groups is 1. The number of nitriles is 1. The van der Waals surface area contributed by atoms with E-state index in [2.05, 4.69) is 11.4 Å². The quantitative estimate of drug-likeness (QED) is 0.759. The molecule has 1 aromatic carbocycles. The second kappa shape index (κ2) is 8.93. The zero-order valence-corrected chi connectivity index (χ0v) is 17.0. The van der Waals surface area contributed by atoms with Gasteiger partial charge in [0.2, 0.25) is 5.91 Å². The predicted molar refractivity (Wildman–Crippen MR) is 109 cm³/mol. The van der Waals surface area contributed by atoms with Gasteiger partial charge in [0.25, 0.3) is 11.8 Å². The number of nitrogens with one attached hydrogen (secondary N) is 1. The van der Waals surface area contributed by atoms with Crippen molar-refractivity contribution in [3.05, 3.63) is 35.4 Å². The van der Waals surface area contributed by atoms with Gasteiger partial charge in [0.05, 0.1) is 23.7 Å². The fourth-order valence-corrected chi connectivity index (χ4v) is 4.61. The minimum absolute atomic E-state index is 0. The number of amides is 3. The van der Waals surface area contributed by atoms with E-state index in [0.29, 0.717) is 17.7 Å². The Morgan fingerprint density at radius 3 is 2.28 bits per heavy atom. The van der Waals surface area contributed by atoms with E-state index >= 15 is 0 Å². The van der Waals surface area contributed by atoms with Gasteiger partial charge in [0.1, 0.15) is 6.04 Å². The standard InChI is InChI=1S/C21H24N4O3.ClH/c22-12-16-4-3-11-24(16)19(26)13-23-14-7-9-15(10-8-14)25-20(27)17-5-1-2-6-18(17)21(25)28;/h1-2,5-6,14-16,23H,3-4,7-11,13H2;1H/t14?,15?,16-;/m0./s1. The number of fused-ring (bicyclic) bond motifs is 1. The lowest BCUT2D eigenvalue weighted by molar-refractivity contribution is -0.130. The van der Waals surface area contributed by atoms with Gasteiger partial charge >= 0.3 is 0 Å². The molecule has 0 unspecified atom stereocenters. The largest absolute Gasteiger partial charge is 0.326 e. The average Bonchev–Trinajstić information content (AvgIpc) is 3.30. The Labute approximate surface area is 176 Å². The zero-order valence-electron chi connectivity index (χ0n) is 16.2. The molecule has 2 fully saturated rings. The van der Waals surface area contributed by atoms with Crippen molar-refractivity contribution in [1.29, 1.82) is 5.26 Å². The highest BCUT2D eigenvalue weighted by atomic mass is 35.5. The van der Waals surface area contributed by atoms with Crippen LogP contribution in [0.2, 0.25) is 0 Å². The van der Waals surface area contributed by atoms with Gasteiger partial charge in [0.15, 0.2) is 0 Å². The van der Waals surface area contributed by atoms with Crippen LogP contribution in [0.15, 0.2) is 24.3 Å². The minimum atomic E-state index is -0.293. The third-order valence-corrected chi connectivity index (χ3v) is 6.15. The Morgan fingerprint density at radius 1 is 1.07 bits per heavy atom. The van der Waals surface area contributed by atoms with Gasteiger partial charge in [-0.15, -0.1) is 12.4 Å². The van der Waals surface area contributed by atoms with E-state index in [1.165, 1.54) is 4.90 Å². The normalized spacial score (nSPS) is 26.1. The van der Waals surface area contributed by atoms with Crippen LogP contribution in [-0.4, -0.2) is 58.7 Å². The van der Waals surface area contributed by atoms with Crippen molar-refractivity contribution in [3.63, 3.8) is 0 Å². The molecule has 8 heteroatoms. The molecule has 1 atom stereocenters. The molecule has 154 valence electrons. The Kier molecular flexibility index (Phi) is 6.56. The number of hydrogen-bond donors (Lipinski definition) is 1. The lowest BCUT2D eigenvalue weighted by atomic mass is 9.90. The first-order valence-corrected chi connectivity index (χ1v) is 9.99. The lowest BCUT2D eigenvalue weighted by Gasteiger charge is -2.34. The predicted octanol–water partition coefficient (Wildman–Crippen LogP) is 2.12. The number of carbonyl (C=O) groups is 3. The summed E-state index contributed by atoms with van der Waals surface area (Å²) in [5, 5.41) is 12.4. The molecule has 7 nitrogen and oxygen atoms in total. The molecule has 2 aliphatic heterocycles. The van der Waals surface area contributed by atoms with Crippen LogP contribution >= 0.6 is 12.4 Å². The number of rotatable bonds is 4. The maximum absolute atomic E-state index is 12.6. The van der Waals surface area contributed by atoms with Crippen molar-refractivity contribution in [2.24, 2.45) is 0 Å². The number of benzene rings is 1. The highest BCUT2D eigenvalue weighted by Crippen LogP contribution is 2.31. The maximum Gasteiger partial charge on any atom is 0.261 e. The summed E-state index contributed by atoms with van der Waals surface area (Å²) in [4.78, 5) is 40.7. The monoisotopic (exact) mass is 416 g/mol. The summed E-state index contributed by atoms with van der Waals surface area (Å²) in [7, 11) is 0. The van der Waals surface area contributed by atoms with Gasteiger partial charge in [-0.1, -0.05) is 12.1 Å². The van der Waals surface area contributed by atoms with Gasteiger partial charge in [0, 0.05) is 18.6 Å².